The lowest BCUT2D eigenvalue weighted by molar-refractivity contribution is -0.137. The van der Waals surface area contributed by atoms with Gasteiger partial charge in [-0.05, 0) is 68.8 Å². The van der Waals surface area contributed by atoms with Crippen LogP contribution in [0.5, 0.6) is 0 Å². The van der Waals surface area contributed by atoms with Crippen molar-refractivity contribution in [2.24, 2.45) is 0 Å². The molecule has 0 aliphatic carbocycles. The van der Waals surface area contributed by atoms with Crippen molar-refractivity contribution in [3.8, 4) is 0 Å². The van der Waals surface area contributed by atoms with Crippen LogP contribution in [0.15, 0.2) is 53.4 Å². The van der Waals surface area contributed by atoms with Crippen molar-refractivity contribution in [2.45, 2.75) is 49.7 Å². The zero-order chi connectivity index (χ0) is 21.2. The third-order valence-electron chi connectivity index (χ3n) is 5.46. The second-order valence-corrected chi connectivity index (χ2v) is 9.11. The average Bonchev–Trinajstić information content (AvgIpc) is 3.02. The van der Waals surface area contributed by atoms with E-state index in [1.54, 1.807) is 12.1 Å². The van der Waals surface area contributed by atoms with Gasteiger partial charge in [0, 0.05) is 17.6 Å². The number of sulfonamides is 1. The second kappa shape index (κ2) is 9.58. The molecule has 2 aromatic carbocycles. The average molecular weight is 463 g/mol. The van der Waals surface area contributed by atoms with E-state index >= 15 is 0 Å². The molecule has 1 saturated heterocycles. The molecule has 0 saturated carbocycles. The van der Waals surface area contributed by atoms with Gasteiger partial charge in [0.2, 0.25) is 0 Å². The Morgan fingerprint density at radius 1 is 1.13 bits per heavy atom. The van der Waals surface area contributed by atoms with Crippen molar-refractivity contribution < 1.29 is 21.6 Å². The smallest absolute Gasteiger partial charge is 0.300 e. The number of nitrogens with zero attached hydrogens (tertiary/aromatic N) is 1. The Bertz CT molecular complexity index is 949. The second-order valence-electron chi connectivity index (χ2n) is 7.42. The van der Waals surface area contributed by atoms with E-state index in [1.807, 2.05) is 12.1 Å². The van der Waals surface area contributed by atoms with Gasteiger partial charge in [0.1, 0.15) is 0 Å². The van der Waals surface area contributed by atoms with E-state index in [4.69, 9.17) is 0 Å². The van der Waals surface area contributed by atoms with Crippen molar-refractivity contribution in [3.63, 3.8) is 0 Å². The Hall–Kier alpha value is -1.77. The van der Waals surface area contributed by atoms with Gasteiger partial charge in [0.25, 0.3) is 10.0 Å². The van der Waals surface area contributed by atoms with E-state index in [2.05, 4.69) is 23.5 Å². The van der Waals surface area contributed by atoms with Gasteiger partial charge in [-0.25, -0.2) is 8.42 Å². The lowest BCUT2D eigenvalue weighted by atomic mass is 9.92. The first-order valence-electron chi connectivity index (χ1n) is 9.66. The summed E-state index contributed by atoms with van der Waals surface area (Å²) in [5, 5.41) is 0. The molecule has 4 nitrogen and oxygen atoms in total. The maximum atomic E-state index is 12.9. The molecule has 1 aliphatic rings. The minimum Gasteiger partial charge on any atom is -0.300 e. The van der Waals surface area contributed by atoms with E-state index < -0.39 is 26.7 Å². The van der Waals surface area contributed by atoms with Crippen molar-refractivity contribution >= 4 is 28.1 Å². The summed E-state index contributed by atoms with van der Waals surface area (Å²) < 4.78 is 66.0. The topological polar surface area (TPSA) is 49.4 Å². The fourth-order valence-electron chi connectivity index (χ4n) is 3.90. The Kier molecular flexibility index (Phi) is 7.82. The van der Waals surface area contributed by atoms with E-state index in [-0.39, 0.29) is 12.4 Å². The highest BCUT2D eigenvalue weighted by Gasteiger charge is 2.32. The normalized spacial score (nSPS) is 20.0. The summed E-state index contributed by atoms with van der Waals surface area (Å²) in [5.41, 5.74) is 0.461. The van der Waals surface area contributed by atoms with Crippen LogP contribution in [-0.2, 0) is 16.2 Å². The molecular formula is C21H26ClF3N2O2S. The molecule has 0 unspecified atom stereocenters. The monoisotopic (exact) mass is 462 g/mol. The third kappa shape index (κ3) is 5.47. The summed E-state index contributed by atoms with van der Waals surface area (Å²) in [6.45, 7) is 6.47. The van der Waals surface area contributed by atoms with E-state index in [9.17, 15) is 21.6 Å². The lowest BCUT2D eigenvalue weighted by Crippen LogP contribution is -2.30. The van der Waals surface area contributed by atoms with Crippen molar-refractivity contribution in [1.82, 2.24) is 4.90 Å². The van der Waals surface area contributed by atoms with Crippen LogP contribution in [0.4, 0.5) is 18.9 Å². The molecule has 1 aliphatic heterocycles. The van der Waals surface area contributed by atoms with Crippen LogP contribution in [0.25, 0.3) is 0 Å². The largest absolute Gasteiger partial charge is 0.416 e. The van der Waals surface area contributed by atoms with Gasteiger partial charge in [-0.2, -0.15) is 13.2 Å². The minimum atomic E-state index is -4.60. The van der Waals surface area contributed by atoms with Crippen LogP contribution in [0.1, 0.15) is 43.7 Å². The summed E-state index contributed by atoms with van der Waals surface area (Å²) >= 11 is 0. The minimum absolute atomic E-state index is 0. The number of rotatable bonds is 6. The molecule has 3 rings (SSSR count). The fraction of sp³-hybridized carbons (Fsp3) is 0.429. The van der Waals surface area contributed by atoms with Crippen LogP contribution < -0.4 is 4.72 Å². The number of benzene rings is 2. The van der Waals surface area contributed by atoms with Crippen LogP contribution >= 0.6 is 12.4 Å². The number of alkyl halides is 3. The van der Waals surface area contributed by atoms with Gasteiger partial charge in [-0.3, -0.25) is 4.72 Å². The van der Waals surface area contributed by atoms with E-state index in [0.717, 1.165) is 49.7 Å². The van der Waals surface area contributed by atoms with Gasteiger partial charge < -0.3 is 4.90 Å². The molecular weight excluding hydrogens is 437 g/mol. The van der Waals surface area contributed by atoms with Crippen LogP contribution in [-0.4, -0.2) is 32.4 Å². The molecule has 2 aromatic rings. The Labute approximate surface area is 181 Å². The maximum Gasteiger partial charge on any atom is 0.416 e. The number of hydrogen-bond donors (Lipinski definition) is 1. The SMILES string of the molecule is CCCN1CC[C@H](c2ccc(NS(=O)(=O)c3cccc(C(F)(F)F)c3)cc2)[C@@H]1C.Cl. The third-order valence-corrected chi connectivity index (χ3v) is 6.84. The number of nitrogens with one attached hydrogen (secondary N) is 1. The molecule has 0 amide bonds. The fourth-order valence-corrected chi connectivity index (χ4v) is 5.01. The quantitative estimate of drug-likeness (QED) is 0.615. The molecule has 1 fully saturated rings. The van der Waals surface area contributed by atoms with Crippen molar-refractivity contribution in [3.05, 3.63) is 59.7 Å². The highest BCUT2D eigenvalue weighted by molar-refractivity contribution is 7.92. The Morgan fingerprint density at radius 3 is 2.40 bits per heavy atom. The molecule has 9 heteroatoms. The number of hydrogen-bond acceptors (Lipinski definition) is 3. The van der Waals surface area contributed by atoms with Crippen molar-refractivity contribution in [1.29, 1.82) is 0 Å². The molecule has 1 N–H and O–H groups in total. The zero-order valence-corrected chi connectivity index (χ0v) is 18.4. The summed E-state index contributed by atoms with van der Waals surface area (Å²) in [4.78, 5) is 2.03. The number of anilines is 1. The molecule has 30 heavy (non-hydrogen) atoms. The van der Waals surface area contributed by atoms with E-state index in [0.29, 0.717) is 23.7 Å². The maximum absolute atomic E-state index is 12.9. The molecule has 166 valence electrons. The lowest BCUT2D eigenvalue weighted by Gasteiger charge is -2.24. The Morgan fingerprint density at radius 2 is 1.80 bits per heavy atom. The van der Waals surface area contributed by atoms with E-state index in [1.165, 1.54) is 0 Å². The molecule has 2 atom stereocenters. The molecule has 0 spiro atoms. The summed E-state index contributed by atoms with van der Waals surface area (Å²) in [5.74, 6) is 0.385. The first-order chi connectivity index (χ1) is 13.6. The van der Waals surface area contributed by atoms with Crippen LogP contribution in [0.3, 0.4) is 0 Å². The first-order valence-corrected chi connectivity index (χ1v) is 11.1. The highest BCUT2D eigenvalue weighted by Crippen LogP contribution is 2.34. The van der Waals surface area contributed by atoms with Crippen LogP contribution in [0.2, 0.25) is 0 Å². The van der Waals surface area contributed by atoms with Gasteiger partial charge >= 0.3 is 6.18 Å². The van der Waals surface area contributed by atoms with Crippen LogP contribution in [0, 0.1) is 0 Å². The summed E-state index contributed by atoms with van der Waals surface area (Å²) in [7, 11) is -4.11. The van der Waals surface area contributed by atoms with Gasteiger partial charge in [-0.15, -0.1) is 12.4 Å². The predicted octanol–water partition coefficient (Wildman–Crippen LogP) is 5.52. The van der Waals surface area contributed by atoms with Gasteiger partial charge in [0.15, 0.2) is 0 Å². The predicted molar refractivity (Wildman–Crippen MR) is 115 cm³/mol. The Balaban J connectivity index is 0.00000320. The highest BCUT2D eigenvalue weighted by atomic mass is 35.5. The molecule has 0 radical (unpaired) electrons. The number of likely N-dealkylation sites (tertiary alicyclic amines) is 1. The molecule has 1 heterocycles. The standard InChI is InChI=1S/C21H25F3N2O2S.ClH/c1-3-12-26-13-11-20(15(26)2)16-7-9-18(10-8-16)25-29(27,28)19-6-4-5-17(14-19)21(22,23)24;/h4-10,14-15,20,25H,3,11-13H2,1-2H3;1H/t15-,20-;/m0./s1. The van der Waals surface area contributed by atoms with Gasteiger partial charge in [-0.1, -0.05) is 25.1 Å². The molecule has 0 aromatic heterocycles. The van der Waals surface area contributed by atoms with Gasteiger partial charge in [0.05, 0.1) is 10.5 Å². The zero-order valence-electron chi connectivity index (χ0n) is 16.8. The first kappa shape index (κ1) is 24.5. The molecule has 0 bridgehead atoms. The summed E-state index contributed by atoms with van der Waals surface area (Å²) in [6.07, 6.45) is -2.44. The number of halogens is 4. The summed E-state index contributed by atoms with van der Waals surface area (Å²) in [6, 6.07) is 11.2. The van der Waals surface area contributed by atoms with Crippen molar-refractivity contribution in [2.75, 3.05) is 17.8 Å².